The lowest BCUT2D eigenvalue weighted by atomic mass is 10.1. The Hall–Kier alpha value is -4.42. The fourth-order valence-electron chi connectivity index (χ4n) is 4.10. The Balaban J connectivity index is 1.55. The average Bonchev–Trinajstić information content (AvgIpc) is 2.88. The van der Waals surface area contributed by atoms with Crippen molar-refractivity contribution in [2.24, 2.45) is 0 Å². The molecule has 5 aromatic rings. The number of rotatable bonds is 4. The van der Waals surface area contributed by atoms with Gasteiger partial charge in [-0.1, -0.05) is 60.7 Å². The third-order valence-electron chi connectivity index (χ3n) is 5.57. The van der Waals surface area contributed by atoms with Gasteiger partial charge in [0.1, 0.15) is 0 Å². The van der Waals surface area contributed by atoms with Crippen LogP contribution in [0.5, 0.6) is 0 Å². The molecular weight excluding hydrogens is 444 g/mol. The van der Waals surface area contributed by atoms with Crippen molar-refractivity contribution in [2.45, 2.75) is 0 Å². The first kappa shape index (κ1) is 20.2. The standard InChI is InChI=1S/C27H19ClN6/c28-25-30-26(33(19-11-3-1-4-12-19)20-13-5-2-6-14-20)32-27(31-25)34-23-17-9-7-15-21(23)29-22-16-8-10-18-24(22)34/h1-18,29H. The average molecular weight is 463 g/mol. The van der Waals surface area contributed by atoms with Gasteiger partial charge >= 0.3 is 0 Å². The first-order valence-electron chi connectivity index (χ1n) is 10.8. The minimum atomic E-state index is 0.116. The van der Waals surface area contributed by atoms with Gasteiger partial charge in [-0.25, -0.2) is 0 Å². The summed E-state index contributed by atoms with van der Waals surface area (Å²) in [6, 6.07) is 36.0. The molecular formula is C27H19ClN6. The Bertz CT molecular complexity index is 1370. The molecule has 0 saturated carbocycles. The third kappa shape index (κ3) is 3.60. The molecule has 2 heterocycles. The maximum Gasteiger partial charge on any atom is 0.240 e. The molecule has 0 radical (unpaired) electrons. The number of halogens is 1. The SMILES string of the molecule is Clc1nc(N(c2ccccc2)c2ccccc2)nc(N2c3ccccc3Nc3ccccc32)n1. The Morgan fingerprint density at radius 2 is 1.09 bits per heavy atom. The highest BCUT2D eigenvalue weighted by atomic mass is 35.5. The normalized spacial score (nSPS) is 11.9. The van der Waals surface area contributed by atoms with E-state index in [1.54, 1.807) is 0 Å². The van der Waals surface area contributed by atoms with E-state index in [2.05, 4.69) is 15.3 Å². The highest BCUT2D eigenvalue weighted by Gasteiger charge is 2.27. The van der Waals surface area contributed by atoms with E-state index in [1.165, 1.54) is 0 Å². The van der Waals surface area contributed by atoms with Crippen LogP contribution in [0, 0.1) is 0 Å². The van der Waals surface area contributed by atoms with E-state index in [4.69, 9.17) is 16.6 Å². The van der Waals surface area contributed by atoms with Gasteiger partial charge < -0.3 is 5.32 Å². The molecule has 6 nitrogen and oxygen atoms in total. The van der Waals surface area contributed by atoms with Gasteiger partial charge in [0.15, 0.2) is 0 Å². The van der Waals surface area contributed by atoms with Gasteiger partial charge in [-0.05, 0) is 60.1 Å². The second-order valence-electron chi connectivity index (χ2n) is 7.71. The molecule has 0 unspecified atom stereocenters. The predicted molar refractivity (Wildman–Crippen MR) is 137 cm³/mol. The van der Waals surface area contributed by atoms with Crippen molar-refractivity contribution < 1.29 is 0 Å². The summed E-state index contributed by atoms with van der Waals surface area (Å²) in [6.07, 6.45) is 0. The lowest BCUT2D eigenvalue weighted by Crippen LogP contribution is -2.22. The number of aromatic nitrogens is 3. The highest BCUT2D eigenvalue weighted by molar-refractivity contribution is 6.28. The lowest BCUT2D eigenvalue weighted by molar-refractivity contribution is 0.980. The molecule has 1 aliphatic heterocycles. The van der Waals surface area contributed by atoms with Gasteiger partial charge in [0.2, 0.25) is 17.2 Å². The molecule has 7 heteroatoms. The molecule has 6 rings (SSSR count). The minimum Gasteiger partial charge on any atom is -0.352 e. The Morgan fingerprint density at radius 1 is 0.588 bits per heavy atom. The summed E-state index contributed by atoms with van der Waals surface area (Å²) in [5.41, 5.74) is 5.62. The van der Waals surface area contributed by atoms with Crippen LogP contribution in [0.3, 0.4) is 0 Å². The van der Waals surface area contributed by atoms with E-state index < -0.39 is 0 Å². The van der Waals surface area contributed by atoms with Crippen LogP contribution in [0.4, 0.5) is 46.0 Å². The topological polar surface area (TPSA) is 57.2 Å². The second kappa shape index (κ2) is 8.50. The number of fused-ring (bicyclic) bond motifs is 2. The molecule has 0 amide bonds. The molecule has 0 saturated heterocycles. The summed E-state index contributed by atoms with van der Waals surface area (Å²) in [6.45, 7) is 0. The van der Waals surface area contributed by atoms with Crippen LogP contribution in [0.15, 0.2) is 109 Å². The monoisotopic (exact) mass is 462 g/mol. The first-order chi connectivity index (χ1) is 16.8. The molecule has 1 N–H and O–H groups in total. The van der Waals surface area contributed by atoms with Crippen molar-refractivity contribution in [3.63, 3.8) is 0 Å². The Morgan fingerprint density at radius 3 is 1.65 bits per heavy atom. The van der Waals surface area contributed by atoms with Crippen LogP contribution in [-0.2, 0) is 0 Å². The van der Waals surface area contributed by atoms with Crippen molar-refractivity contribution in [1.29, 1.82) is 0 Å². The van der Waals surface area contributed by atoms with Gasteiger partial charge in [-0.2, -0.15) is 15.0 Å². The van der Waals surface area contributed by atoms with Crippen molar-refractivity contribution in [3.8, 4) is 0 Å². The molecule has 0 bridgehead atoms. The minimum absolute atomic E-state index is 0.116. The van der Waals surface area contributed by atoms with E-state index in [0.717, 1.165) is 34.1 Å². The van der Waals surface area contributed by atoms with Gasteiger partial charge in [-0.3, -0.25) is 9.80 Å². The van der Waals surface area contributed by atoms with E-state index in [0.29, 0.717) is 11.9 Å². The summed E-state index contributed by atoms with van der Waals surface area (Å²) in [5.74, 6) is 0.870. The molecule has 1 aromatic heterocycles. The number of nitrogens with zero attached hydrogens (tertiary/aromatic N) is 5. The zero-order chi connectivity index (χ0) is 22.9. The predicted octanol–water partition coefficient (Wildman–Crippen LogP) is 7.52. The van der Waals surface area contributed by atoms with Crippen LogP contribution in [0.2, 0.25) is 5.28 Å². The number of para-hydroxylation sites is 6. The zero-order valence-electron chi connectivity index (χ0n) is 18.0. The van der Waals surface area contributed by atoms with Gasteiger partial charge in [0.25, 0.3) is 0 Å². The zero-order valence-corrected chi connectivity index (χ0v) is 18.8. The van der Waals surface area contributed by atoms with Gasteiger partial charge in [0, 0.05) is 11.4 Å². The molecule has 34 heavy (non-hydrogen) atoms. The summed E-state index contributed by atoms with van der Waals surface area (Å²) >= 11 is 6.51. The summed E-state index contributed by atoms with van der Waals surface area (Å²) in [4.78, 5) is 18.0. The van der Waals surface area contributed by atoms with Crippen LogP contribution in [-0.4, -0.2) is 15.0 Å². The number of hydrogen-bond donors (Lipinski definition) is 1. The van der Waals surface area contributed by atoms with Crippen LogP contribution < -0.4 is 15.1 Å². The van der Waals surface area contributed by atoms with Crippen LogP contribution in [0.1, 0.15) is 0 Å². The highest BCUT2D eigenvalue weighted by Crippen LogP contribution is 2.47. The third-order valence-corrected chi connectivity index (χ3v) is 5.74. The molecule has 4 aromatic carbocycles. The van der Waals surface area contributed by atoms with Crippen molar-refractivity contribution in [3.05, 3.63) is 114 Å². The van der Waals surface area contributed by atoms with Crippen molar-refractivity contribution in [2.75, 3.05) is 15.1 Å². The maximum atomic E-state index is 6.51. The molecule has 0 fully saturated rings. The molecule has 0 aliphatic carbocycles. The van der Waals surface area contributed by atoms with Crippen LogP contribution in [0.25, 0.3) is 0 Å². The first-order valence-corrected chi connectivity index (χ1v) is 11.2. The Labute approximate surface area is 202 Å². The molecule has 164 valence electrons. The van der Waals surface area contributed by atoms with Crippen LogP contribution >= 0.6 is 11.6 Å². The van der Waals surface area contributed by atoms with E-state index in [9.17, 15) is 0 Å². The second-order valence-corrected chi connectivity index (χ2v) is 8.04. The molecule has 1 aliphatic rings. The molecule has 0 atom stereocenters. The fraction of sp³-hybridized carbons (Fsp3) is 0. The summed E-state index contributed by atoms with van der Waals surface area (Å²) in [7, 11) is 0. The fourth-order valence-corrected chi connectivity index (χ4v) is 4.25. The number of nitrogens with one attached hydrogen (secondary N) is 1. The summed E-state index contributed by atoms with van der Waals surface area (Å²) in [5, 5.41) is 3.60. The Kier molecular flexibility index (Phi) is 5.05. The van der Waals surface area contributed by atoms with E-state index in [1.807, 2.05) is 119 Å². The van der Waals surface area contributed by atoms with Gasteiger partial charge in [-0.15, -0.1) is 0 Å². The smallest absolute Gasteiger partial charge is 0.240 e. The molecule has 0 spiro atoms. The summed E-state index contributed by atoms with van der Waals surface area (Å²) < 4.78 is 0. The lowest BCUT2D eigenvalue weighted by Gasteiger charge is -2.32. The quantitative estimate of drug-likeness (QED) is 0.292. The number of hydrogen-bond acceptors (Lipinski definition) is 6. The number of benzene rings is 4. The maximum absolute atomic E-state index is 6.51. The van der Waals surface area contributed by atoms with E-state index >= 15 is 0 Å². The van der Waals surface area contributed by atoms with Gasteiger partial charge in [0.05, 0.1) is 22.7 Å². The van der Waals surface area contributed by atoms with Crippen molar-refractivity contribution >= 4 is 57.6 Å². The van der Waals surface area contributed by atoms with E-state index in [-0.39, 0.29) is 5.28 Å². The number of anilines is 8. The largest absolute Gasteiger partial charge is 0.352 e. The van der Waals surface area contributed by atoms with Crippen molar-refractivity contribution in [1.82, 2.24) is 15.0 Å².